The number of nitrogens with two attached hydrogens (primary N) is 1. The Morgan fingerprint density at radius 1 is 1.25 bits per heavy atom. The van der Waals surface area contributed by atoms with E-state index in [1.165, 1.54) is 11.3 Å². The molecule has 1 aliphatic rings. The molecule has 3 N–H and O–H groups in total. The summed E-state index contributed by atoms with van der Waals surface area (Å²) >= 11 is 1.39. The van der Waals surface area contributed by atoms with Crippen molar-refractivity contribution in [1.82, 2.24) is 10.3 Å². The number of nitrogens with zero attached hydrogens (tertiary/aromatic N) is 1. The molecule has 0 fully saturated rings. The van der Waals surface area contributed by atoms with Crippen molar-refractivity contribution in [3.8, 4) is 0 Å². The molecule has 0 aliphatic heterocycles. The van der Waals surface area contributed by atoms with Gasteiger partial charge in [-0.1, -0.05) is 30.3 Å². The first-order chi connectivity index (χ1) is 11.6. The third-order valence-electron chi connectivity index (χ3n) is 4.04. The van der Waals surface area contributed by atoms with Crippen molar-refractivity contribution < 1.29 is 9.59 Å². The zero-order chi connectivity index (χ0) is 16.9. The van der Waals surface area contributed by atoms with Crippen LogP contribution in [-0.2, 0) is 16.0 Å². The normalized spacial score (nSPS) is 14.2. The van der Waals surface area contributed by atoms with E-state index < -0.39 is 0 Å². The van der Waals surface area contributed by atoms with Gasteiger partial charge < -0.3 is 11.1 Å². The summed E-state index contributed by atoms with van der Waals surface area (Å²) in [7, 11) is 0. The highest BCUT2D eigenvalue weighted by Gasteiger charge is 2.25. The number of nitrogen functional groups attached to an aromatic ring is 1. The van der Waals surface area contributed by atoms with Gasteiger partial charge in [0.05, 0.1) is 12.1 Å². The lowest BCUT2D eigenvalue weighted by molar-refractivity contribution is -0.122. The molecule has 0 spiro atoms. The summed E-state index contributed by atoms with van der Waals surface area (Å²) in [5.74, 6) is -0.0480. The number of Topliss-reactive ketones (excluding diaryl/α,β-unsaturated/α-hetero) is 1. The molecule has 124 valence electrons. The second-order valence-electron chi connectivity index (χ2n) is 5.70. The Kier molecular flexibility index (Phi) is 5.05. The first-order valence-corrected chi connectivity index (χ1v) is 8.78. The van der Waals surface area contributed by atoms with Crippen LogP contribution in [0.5, 0.6) is 0 Å². The van der Waals surface area contributed by atoms with Crippen molar-refractivity contribution in [2.75, 3.05) is 12.3 Å². The van der Waals surface area contributed by atoms with Crippen LogP contribution in [0.2, 0.25) is 0 Å². The number of allylic oxidation sites excluding steroid dienone is 1. The molecule has 0 bridgehead atoms. The van der Waals surface area contributed by atoms with E-state index in [-0.39, 0.29) is 18.1 Å². The van der Waals surface area contributed by atoms with E-state index in [0.29, 0.717) is 36.5 Å². The van der Waals surface area contributed by atoms with Crippen molar-refractivity contribution in [3.63, 3.8) is 0 Å². The van der Waals surface area contributed by atoms with E-state index in [0.717, 1.165) is 16.8 Å². The predicted octanol–water partition coefficient (Wildman–Crippen LogP) is 2.59. The fourth-order valence-corrected chi connectivity index (χ4v) is 3.46. The molecule has 1 heterocycles. The molecule has 1 aromatic carbocycles. The SMILES string of the molecule is Nc1nc(CCNC(=O)CC2=C(c3ccccc3)CCC2=O)cs1. The number of amides is 1. The highest BCUT2D eigenvalue weighted by Crippen LogP contribution is 2.33. The molecular formula is C18H19N3O2S. The van der Waals surface area contributed by atoms with Crippen LogP contribution in [0.3, 0.4) is 0 Å². The molecule has 24 heavy (non-hydrogen) atoms. The molecule has 3 rings (SSSR count). The second kappa shape index (κ2) is 7.40. The van der Waals surface area contributed by atoms with Gasteiger partial charge in [-0.25, -0.2) is 4.98 Å². The summed E-state index contributed by atoms with van der Waals surface area (Å²) in [5, 5.41) is 5.28. The molecule has 0 radical (unpaired) electrons. The third kappa shape index (κ3) is 3.89. The molecule has 0 saturated heterocycles. The van der Waals surface area contributed by atoms with Gasteiger partial charge in [-0.15, -0.1) is 11.3 Å². The number of hydrogen-bond acceptors (Lipinski definition) is 5. The van der Waals surface area contributed by atoms with Crippen LogP contribution in [0.4, 0.5) is 5.13 Å². The van der Waals surface area contributed by atoms with Crippen molar-refractivity contribution in [2.24, 2.45) is 0 Å². The third-order valence-corrected chi connectivity index (χ3v) is 4.76. The number of aromatic nitrogens is 1. The van der Waals surface area contributed by atoms with Gasteiger partial charge in [0.25, 0.3) is 0 Å². The lowest BCUT2D eigenvalue weighted by Gasteiger charge is -2.08. The molecule has 0 unspecified atom stereocenters. The largest absolute Gasteiger partial charge is 0.375 e. The first kappa shape index (κ1) is 16.4. The number of rotatable bonds is 6. The van der Waals surface area contributed by atoms with Crippen molar-refractivity contribution in [3.05, 3.63) is 52.5 Å². The molecule has 6 heteroatoms. The Balaban J connectivity index is 1.60. The van der Waals surface area contributed by atoms with Crippen LogP contribution in [0.15, 0.2) is 41.3 Å². The van der Waals surface area contributed by atoms with Crippen LogP contribution in [0.25, 0.3) is 5.57 Å². The average Bonchev–Trinajstić information content (AvgIpc) is 3.15. The zero-order valence-electron chi connectivity index (χ0n) is 13.2. The lowest BCUT2D eigenvalue weighted by atomic mass is 10.00. The summed E-state index contributed by atoms with van der Waals surface area (Å²) in [6.45, 7) is 0.490. The summed E-state index contributed by atoms with van der Waals surface area (Å²) in [6.07, 6.45) is 1.98. The van der Waals surface area contributed by atoms with E-state index in [9.17, 15) is 9.59 Å². The van der Waals surface area contributed by atoms with Crippen LogP contribution >= 0.6 is 11.3 Å². The molecule has 1 amide bonds. The van der Waals surface area contributed by atoms with Gasteiger partial charge in [-0.05, 0) is 17.6 Å². The van der Waals surface area contributed by atoms with Crippen molar-refractivity contribution in [1.29, 1.82) is 0 Å². The van der Waals surface area contributed by atoms with Gasteiger partial charge in [0.15, 0.2) is 10.9 Å². The number of ketones is 1. The smallest absolute Gasteiger partial charge is 0.224 e. The number of carbonyl (C=O) groups is 2. The Morgan fingerprint density at radius 2 is 2.04 bits per heavy atom. The van der Waals surface area contributed by atoms with Gasteiger partial charge in [-0.3, -0.25) is 9.59 Å². The molecular weight excluding hydrogens is 322 g/mol. The van der Waals surface area contributed by atoms with Crippen LogP contribution < -0.4 is 11.1 Å². The minimum Gasteiger partial charge on any atom is -0.375 e. The average molecular weight is 341 g/mol. The quantitative estimate of drug-likeness (QED) is 0.846. The standard InChI is InChI=1S/C18H19N3O2S/c19-18-21-13(11-24-18)8-9-20-17(23)10-15-14(6-7-16(15)22)12-4-2-1-3-5-12/h1-5,11H,6-10H2,(H2,19,21)(H,20,23). The van der Waals surface area contributed by atoms with Crippen molar-refractivity contribution >= 4 is 33.7 Å². The summed E-state index contributed by atoms with van der Waals surface area (Å²) in [5.41, 5.74) is 9.14. The van der Waals surface area contributed by atoms with Crippen LogP contribution in [0.1, 0.15) is 30.5 Å². The van der Waals surface area contributed by atoms with E-state index in [4.69, 9.17) is 5.73 Å². The Bertz CT molecular complexity index is 781. The Labute approximate surface area is 144 Å². The minimum atomic E-state index is -0.128. The maximum absolute atomic E-state index is 12.2. The van der Waals surface area contributed by atoms with Crippen molar-refractivity contribution in [2.45, 2.75) is 25.7 Å². The number of hydrogen-bond donors (Lipinski definition) is 2. The maximum atomic E-state index is 12.2. The number of anilines is 1. The highest BCUT2D eigenvalue weighted by atomic mass is 32.1. The summed E-state index contributed by atoms with van der Waals surface area (Å²) in [6, 6.07) is 9.81. The molecule has 0 saturated carbocycles. The van der Waals surface area contributed by atoms with Gasteiger partial charge in [0.2, 0.25) is 5.91 Å². The Morgan fingerprint density at radius 3 is 2.75 bits per heavy atom. The fraction of sp³-hybridized carbons (Fsp3) is 0.278. The second-order valence-corrected chi connectivity index (χ2v) is 6.59. The fourth-order valence-electron chi connectivity index (χ4n) is 2.86. The van der Waals surface area contributed by atoms with E-state index in [1.54, 1.807) is 0 Å². The van der Waals surface area contributed by atoms with E-state index in [1.807, 2.05) is 35.7 Å². The molecule has 0 atom stereocenters. The lowest BCUT2D eigenvalue weighted by Crippen LogP contribution is -2.26. The molecule has 2 aromatic rings. The van der Waals surface area contributed by atoms with Gasteiger partial charge >= 0.3 is 0 Å². The monoisotopic (exact) mass is 341 g/mol. The molecule has 1 aliphatic carbocycles. The highest BCUT2D eigenvalue weighted by molar-refractivity contribution is 7.13. The number of benzene rings is 1. The first-order valence-electron chi connectivity index (χ1n) is 7.90. The predicted molar refractivity (Wildman–Crippen MR) is 95.5 cm³/mol. The topological polar surface area (TPSA) is 85.1 Å². The number of thiazole rings is 1. The summed E-state index contributed by atoms with van der Waals surface area (Å²) < 4.78 is 0. The number of nitrogens with one attached hydrogen (secondary N) is 1. The van der Waals surface area contributed by atoms with E-state index >= 15 is 0 Å². The van der Waals surface area contributed by atoms with Crippen LogP contribution in [0, 0.1) is 0 Å². The number of carbonyl (C=O) groups excluding carboxylic acids is 2. The van der Waals surface area contributed by atoms with Gasteiger partial charge in [0.1, 0.15) is 0 Å². The zero-order valence-corrected chi connectivity index (χ0v) is 14.1. The molecule has 1 aromatic heterocycles. The van der Waals surface area contributed by atoms with Gasteiger partial charge in [0, 0.05) is 30.3 Å². The van der Waals surface area contributed by atoms with E-state index in [2.05, 4.69) is 10.3 Å². The van der Waals surface area contributed by atoms with Crippen LogP contribution in [-0.4, -0.2) is 23.2 Å². The minimum absolute atomic E-state index is 0.0799. The van der Waals surface area contributed by atoms with Gasteiger partial charge in [-0.2, -0.15) is 0 Å². The Hall–Kier alpha value is -2.47. The summed E-state index contributed by atoms with van der Waals surface area (Å²) in [4.78, 5) is 28.5. The molecule has 5 nitrogen and oxygen atoms in total. The maximum Gasteiger partial charge on any atom is 0.224 e.